The van der Waals surface area contributed by atoms with Crippen molar-refractivity contribution < 1.29 is 8.42 Å². The maximum absolute atomic E-state index is 11.5. The predicted molar refractivity (Wildman–Crippen MR) is 94.4 cm³/mol. The Morgan fingerprint density at radius 2 is 1.88 bits per heavy atom. The first-order valence-electron chi connectivity index (χ1n) is 7.84. The van der Waals surface area contributed by atoms with Crippen LogP contribution in [-0.4, -0.2) is 41.1 Å². The van der Waals surface area contributed by atoms with Crippen molar-refractivity contribution >= 4 is 27.3 Å². The standard InChI is InChI=1S/C16H21N5O2S/c1-10-6-11(2)15(12(3)7-10)20-16-19-14(8-17-21-16)18-13-4-5-24(22,23)9-13/h6-8,13H,4-5,9H2,1-3H3,(H2,18,19,20,21). The molecule has 8 heteroatoms. The molecule has 2 N–H and O–H groups in total. The van der Waals surface area contributed by atoms with Crippen LogP contribution in [0.4, 0.5) is 17.5 Å². The molecule has 1 fully saturated rings. The second-order valence-electron chi connectivity index (χ2n) is 6.31. The second kappa shape index (κ2) is 6.35. The number of sulfone groups is 1. The number of hydrogen-bond acceptors (Lipinski definition) is 7. The minimum absolute atomic E-state index is 0.123. The van der Waals surface area contributed by atoms with Gasteiger partial charge in [-0.3, -0.25) is 0 Å². The molecule has 0 saturated carbocycles. The van der Waals surface area contributed by atoms with Crippen LogP contribution in [0.25, 0.3) is 0 Å². The van der Waals surface area contributed by atoms with E-state index in [9.17, 15) is 8.42 Å². The molecule has 2 heterocycles. The van der Waals surface area contributed by atoms with Crippen LogP contribution in [0.2, 0.25) is 0 Å². The van der Waals surface area contributed by atoms with Crippen LogP contribution in [0.1, 0.15) is 23.1 Å². The molecular formula is C16H21N5O2S. The third-order valence-corrected chi connectivity index (χ3v) is 5.83. The molecule has 7 nitrogen and oxygen atoms in total. The molecule has 1 aromatic carbocycles. The summed E-state index contributed by atoms with van der Waals surface area (Å²) in [7, 11) is -2.93. The normalized spacial score (nSPS) is 19.2. The van der Waals surface area contributed by atoms with Gasteiger partial charge in [-0.1, -0.05) is 17.7 Å². The maximum atomic E-state index is 11.5. The summed E-state index contributed by atoms with van der Waals surface area (Å²) in [6.07, 6.45) is 2.09. The van der Waals surface area contributed by atoms with Gasteiger partial charge < -0.3 is 10.6 Å². The average molecular weight is 347 g/mol. The smallest absolute Gasteiger partial charge is 0.249 e. The van der Waals surface area contributed by atoms with Crippen LogP contribution in [0, 0.1) is 20.8 Å². The number of benzene rings is 1. The average Bonchev–Trinajstić information content (AvgIpc) is 2.82. The minimum Gasteiger partial charge on any atom is -0.365 e. The molecule has 0 amide bonds. The van der Waals surface area contributed by atoms with Crippen LogP contribution in [0.15, 0.2) is 18.3 Å². The molecule has 0 spiro atoms. The van der Waals surface area contributed by atoms with Crippen molar-refractivity contribution in [1.82, 2.24) is 15.2 Å². The van der Waals surface area contributed by atoms with Gasteiger partial charge in [0.2, 0.25) is 5.95 Å². The Morgan fingerprint density at radius 1 is 1.17 bits per heavy atom. The lowest BCUT2D eigenvalue weighted by molar-refractivity contribution is 0.602. The lowest BCUT2D eigenvalue weighted by atomic mass is 10.1. The van der Waals surface area contributed by atoms with Crippen molar-refractivity contribution in [2.24, 2.45) is 0 Å². The zero-order valence-electron chi connectivity index (χ0n) is 14.0. The van der Waals surface area contributed by atoms with Gasteiger partial charge in [0.15, 0.2) is 15.7 Å². The van der Waals surface area contributed by atoms with Crippen LogP contribution >= 0.6 is 0 Å². The molecule has 0 radical (unpaired) electrons. The molecule has 1 unspecified atom stereocenters. The van der Waals surface area contributed by atoms with Gasteiger partial charge in [-0.25, -0.2) is 8.42 Å². The first-order chi connectivity index (χ1) is 11.3. The number of rotatable bonds is 4. The summed E-state index contributed by atoms with van der Waals surface area (Å²) in [4.78, 5) is 4.39. The Kier molecular flexibility index (Phi) is 4.40. The number of nitrogens with one attached hydrogen (secondary N) is 2. The van der Waals surface area contributed by atoms with E-state index in [1.165, 1.54) is 11.8 Å². The molecule has 0 aliphatic carbocycles. The van der Waals surface area contributed by atoms with E-state index in [4.69, 9.17) is 0 Å². The lowest BCUT2D eigenvalue weighted by Crippen LogP contribution is -2.21. The Labute approximate surface area is 141 Å². The van der Waals surface area contributed by atoms with Gasteiger partial charge in [0.05, 0.1) is 17.7 Å². The molecule has 128 valence electrons. The van der Waals surface area contributed by atoms with Crippen LogP contribution in [-0.2, 0) is 9.84 Å². The summed E-state index contributed by atoms with van der Waals surface area (Å²) in [5.41, 5.74) is 4.38. The van der Waals surface area contributed by atoms with Gasteiger partial charge in [0, 0.05) is 11.7 Å². The number of aromatic nitrogens is 3. The monoisotopic (exact) mass is 347 g/mol. The number of aryl methyl sites for hydroxylation is 3. The predicted octanol–water partition coefficient (Wildman–Crippen LogP) is 2.14. The zero-order valence-corrected chi connectivity index (χ0v) is 14.8. The third-order valence-electron chi connectivity index (χ3n) is 4.06. The van der Waals surface area contributed by atoms with E-state index >= 15 is 0 Å². The largest absolute Gasteiger partial charge is 0.365 e. The first kappa shape index (κ1) is 16.6. The fourth-order valence-electron chi connectivity index (χ4n) is 3.03. The molecule has 3 rings (SSSR count). The maximum Gasteiger partial charge on any atom is 0.249 e. The zero-order chi connectivity index (χ0) is 17.3. The van der Waals surface area contributed by atoms with Crippen molar-refractivity contribution in [2.75, 3.05) is 22.1 Å². The van der Waals surface area contributed by atoms with E-state index in [0.29, 0.717) is 18.2 Å². The van der Waals surface area contributed by atoms with Gasteiger partial charge >= 0.3 is 0 Å². The number of anilines is 3. The third kappa shape index (κ3) is 3.81. The molecule has 0 bridgehead atoms. The van der Waals surface area contributed by atoms with Crippen LogP contribution in [0.3, 0.4) is 0 Å². The SMILES string of the molecule is Cc1cc(C)c(Nc2nncc(NC3CCS(=O)(=O)C3)n2)c(C)c1. The van der Waals surface area contributed by atoms with Gasteiger partial charge in [-0.15, -0.1) is 5.10 Å². The molecule has 1 aromatic heterocycles. The van der Waals surface area contributed by atoms with E-state index in [1.54, 1.807) is 0 Å². The summed E-state index contributed by atoms with van der Waals surface area (Å²) in [5, 5.41) is 14.3. The fraction of sp³-hybridized carbons (Fsp3) is 0.438. The Hall–Kier alpha value is -2.22. The van der Waals surface area contributed by atoms with Gasteiger partial charge in [-0.05, 0) is 38.3 Å². The second-order valence-corrected chi connectivity index (χ2v) is 8.54. The van der Waals surface area contributed by atoms with Crippen LogP contribution < -0.4 is 10.6 Å². The van der Waals surface area contributed by atoms with E-state index in [1.807, 2.05) is 13.8 Å². The highest BCUT2D eigenvalue weighted by Crippen LogP contribution is 2.24. The Bertz CT molecular complexity index is 844. The van der Waals surface area contributed by atoms with E-state index in [-0.39, 0.29) is 17.5 Å². The minimum atomic E-state index is -2.93. The first-order valence-corrected chi connectivity index (χ1v) is 9.66. The lowest BCUT2D eigenvalue weighted by Gasteiger charge is -2.14. The fourth-order valence-corrected chi connectivity index (χ4v) is 4.71. The Balaban J connectivity index is 1.77. The molecule has 1 atom stereocenters. The molecule has 2 aromatic rings. The molecule has 1 saturated heterocycles. The van der Waals surface area contributed by atoms with Gasteiger partial charge in [-0.2, -0.15) is 10.1 Å². The summed E-state index contributed by atoms with van der Waals surface area (Å²) in [5.74, 6) is 1.26. The van der Waals surface area contributed by atoms with Crippen molar-refractivity contribution in [3.05, 3.63) is 35.0 Å². The van der Waals surface area contributed by atoms with Crippen molar-refractivity contribution in [2.45, 2.75) is 33.2 Å². The van der Waals surface area contributed by atoms with E-state index in [2.05, 4.69) is 44.9 Å². The van der Waals surface area contributed by atoms with Crippen molar-refractivity contribution in [3.63, 3.8) is 0 Å². The summed E-state index contributed by atoms with van der Waals surface area (Å²) in [6.45, 7) is 6.12. The highest BCUT2D eigenvalue weighted by molar-refractivity contribution is 7.91. The molecular weight excluding hydrogens is 326 g/mol. The van der Waals surface area contributed by atoms with Gasteiger partial charge in [0.25, 0.3) is 0 Å². The quantitative estimate of drug-likeness (QED) is 0.874. The molecule has 1 aliphatic rings. The highest BCUT2D eigenvalue weighted by atomic mass is 32.2. The van der Waals surface area contributed by atoms with Crippen molar-refractivity contribution in [3.8, 4) is 0 Å². The molecule has 1 aliphatic heterocycles. The Morgan fingerprint density at radius 3 is 2.50 bits per heavy atom. The van der Waals surface area contributed by atoms with Crippen LogP contribution in [0.5, 0.6) is 0 Å². The summed E-state index contributed by atoms with van der Waals surface area (Å²) >= 11 is 0. The van der Waals surface area contributed by atoms with Gasteiger partial charge in [0.1, 0.15) is 0 Å². The highest BCUT2D eigenvalue weighted by Gasteiger charge is 2.28. The number of nitrogens with zero attached hydrogens (tertiary/aromatic N) is 3. The summed E-state index contributed by atoms with van der Waals surface area (Å²) < 4.78 is 23.1. The summed E-state index contributed by atoms with van der Waals surface area (Å²) in [6, 6.07) is 4.06. The molecule has 24 heavy (non-hydrogen) atoms. The van der Waals surface area contributed by atoms with E-state index < -0.39 is 9.84 Å². The van der Waals surface area contributed by atoms with E-state index in [0.717, 1.165) is 16.8 Å². The topological polar surface area (TPSA) is 96.9 Å². The number of hydrogen-bond donors (Lipinski definition) is 2. The van der Waals surface area contributed by atoms with Crippen molar-refractivity contribution in [1.29, 1.82) is 0 Å².